The molecule has 1 saturated carbocycles. The molecule has 2 fully saturated rings. The fraction of sp³-hybridized carbons (Fsp3) is 1.00. The first kappa shape index (κ1) is 14.1. The molecule has 1 saturated heterocycles. The van der Waals surface area contributed by atoms with Crippen molar-refractivity contribution in [3.05, 3.63) is 0 Å². The van der Waals surface area contributed by atoms with Crippen LogP contribution in [0, 0.1) is 17.8 Å². The van der Waals surface area contributed by atoms with Crippen LogP contribution in [0.15, 0.2) is 0 Å². The van der Waals surface area contributed by atoms with Crippen LogP contribution in [-0.2, 0) is 4.74 Å². The lowest BCUT2D eigenvalue weighted by Crippen LogP contribution is -2.48. The maximum absolute atomic E-state index is 13.0. The summed E-state index contributed by atoms with van der Waals surface area (Å²) in [6.45, 7) is 1.28. The van der Waals surface area contributed by atoms with Crippen molar-refractivity contribution >= 4 is 0 Å². The Morgan fingerprint density at radius 1 is 1.00 bits per heavy atom. The van der Waals surface area contributed by atoms with Gasteiger partial charge in [-0.2, -0.15) is 13.2 Å². The molecule has 0 bridgehead atoms. The molecule has 3 atom stereocenters. The normalized spacial score (nSPS) is 33.3. The second-order valence-electron chi connectivity index (χ2n) is 5.62. The Morgan fingerprint density at radius 2 is 1.61 bits per heavy atom. The van der Waals surface area contributed by atoms with Crippen molar-refractivity contribution in [2.45, 2.75) is 50.7 Å². The van der Waals surface area contributed by atoms with Crippen molar-refractivity contribution in [1.29, 1.82) is 0 Å². The molecule has 2 rings (SSSR count). The molecule has 1 aliphatic carbocycles. The van der Waals surface area contributed by atoms with E-state index in [0.717, 1.165) is 19.3 Å². The van der Waals surface area contributed by atoms with Gasteiger partial charge in [-0.05, 0) is 37.5 Å². The Labute approximate surface area is 106 Å². The molecule has 0 aromatic rings. The number of ether oxygens (including phenoxy) is 1. The predicted molar refractivity (Wildman–Crippen MR) is 63.0 cm³/mol. The zero-order chi connectivity index (χ0) is 13.2. The first-order chi connectivity index (χ1) is 8.50. The minimum Gasteiger partial charge on any atom is -0.381 e. The van der Waals surface area contributed by atoms with Gasteiger partial charge in [-0.3, -0.25) is 0 Å². The van der Waals surface area contributed by atoms with Crippen LogP contribution in [0.3, 0.4) is 0 Å². The van der Waals surface area contributed by atoms with Crippen molar-refractivity contribution in [3.8, 4) is 0 Å². The SMILES string of the molecule is NC(C1CCOCC1)C1CCCCC1C(F)(F)F. The van der Waals surface area contributed by atoms with Gasteiger partial charge in [0.15, 0.2) is 0 Å². The molecule has 0 aromatic heterocycles. The van der Waals surface area contributed by atoms with E-state index in [0.29, 0.717) is 26.1 Å². The summed E-state index contributed by atoms with van der Waals surface area (Å²) in [5, 5.41) is 0. The smallest absolute Gasteiger partial charge is 0.381 e. The maximum Gasteiger partial charge on any atom is 0.392 e. The first-order valence-electron chi connectivity index (χ1n) is 6.90. The van der Waals surface area contributed by atoms with Crippen LogP contribution in [0.2, 0.25) is 0 Å². The lowest BCUT2D eigenvalue weighted by molar-refractivity contribution is -0.200. The number of alkyl halides is 3. The second kappa shape index (κ2) is 5.78. The van der Waals surface area contributed by atoms with Gasteiger partial charge in [-0.15, -0.1) is 0 Å². The molecule has 2 aliphatic rings. The summed E-state index contributed by atoms with van der Waals surface area (Å²) in [4.78, 5) is 0. The minimum atomic E-state index is -4.09. The third-order valence-electron chi connectivity index (χ3n) is 4.54. The number of hydrogen-bond donors (Lipinski definition) is 1. The molecule has 2 nitrogen and oxygen atoms in total. The fourth-order valence-electron chi connectivity index (χ4n) is 3.48. The number of halogens is 3. The van der Waals surface area contributed by atoms with Gasteiger partial charge < -0.3 is 10.5 Å². The Hall–Kier alpha value is -0.290. The highest BCUT2D eigenvalue weighted by Gasteiger charge is 2.48. The summed E-state index contributed by atoms with van der Waals surface area (Å²) >= 11 is 0. The van der Waals surface area contributed by atoms with Crippen molar-refractivity contribution in [2.75, 3.05) is 13.2 Å². The third kappa shape index (κ3) is 3.18. The molecule has 0 spiro atoms. The Morgan fingerprint density at radius 3 is 2.22 bits per heavy atom. The van der Waals surface area contributed by atoms with E-state index in [-0.39, 0.29) is 24.3 Å². The van der Waals surface area contributed by atoms with E-state index in [1.54, 1.807) is 0 Å². The van der Waals surface area contributed by atoms with E-state index in [4.69, 9.17) is 10.5 Å². The van der Waals surface area contributed by atoms with E-state index in [2.05, 4.69) is 0 Å². The summed E-state index contributed by atoms with van der Waals surface area (Å²) in [6.07, 6.45) is -0.0263. The average molecular weight is 265 g/mol. The lowest BCUT2D eigenvalue weighted by atomic mass is 9.70. The lowest BCUT2D eigenvalue weighted by Gasteiger charge is -2.40. The van der Waals surface area contributed by atoms with Crippen LogP contribution < -0.4 is 5.73 Å². The van der Waals surface area contributed by atoms with Crippen LogP contribution in [0.1, 0.15) is 38.5 Å². The summed E-state index contributed by atoms with van der Waals surface area (Å²) in [5.74, 6) is -1.38. The van der Waals surface area contributed by atoms with Crippen molar-refractivity contribution in [1.82, 2.24) is 0 Å². The molecule has 0 radical (unpaired) electrons. The van der Waals surface area contributed by atoms with Crippen LogP contribution in [-0.4, -0.2) is 25.4 Å². The molecule has 5 heteroatoms. The fourth-order valence-corrected chi connectivity index (χ4v) is 3.48. The van der Waals surface area contributed by atoms with E-state index in [9.17, 15) is 13.2 Å². The van der Waals surface area contributed by atoms with Gasteiger partial charge in [0, 0.05) is 19.3 Å². The molecule has 2 N–H and O–H groups in total. The van der Waals surface area contributed by atoms with Gasteiger partial charge in [0.2, 0.25) is 0 Å². The van der Waals surface area contributed by atoms with Crippen molar-refractivity contribution in [2.24, 2.45) is 23.5 Å². The quantitative estimate of drug-likeness (QED) is 0.832. The van der Waals surface area contributed by atoms with Gasteiger partial charge in [-0.1, -0.05) is 12.8 Å². The monoisotopic (exact) mass is 265 g/mol. The van der Waals surface area contributed by atoms with Gasteiger partial charge in [0.05, 0.1) is 5.92 Å². The van der Waals surface area contributed by atoms with Crippen LogP contribution in [0.25, 0.3) is 0 Å². The molecular formula is C13H22F3NO. The summed E-state index contributed by atoms with van der Waals surface area (Å²) < 4.78 is 44.4. The Balaban J connectivity index is 2.03. The summed E-state index contributed by atoms with van der Waals surface area (Å²) in [5.41, 5.74) is 6.15. The molecule has 1 aliphatic heterocycles. The zero-order valence-electron chi connectivity index (χ0n) is 10.6. The molecule has 1 heterocycles. The standard InChI is InChI=1S/C13H22F3NO/c14-13(15,16)11-4-2-1-3-10(11)12(17)9-5-7-18-8-6-9/h9-12H,1-8,17H2. The molecule has 3 unspecified atom stereocenters. The minimum absolute atomic E-state index is 0.201. The second-order valence-corrected chi connectivity index (χ2v) is 5.62. The highest BCUT2D eigenvalue weighted by atomic mass is 19.4. The van der Waals surface area contributed by atoms with Crippen molar-refractivity contribution < 1.29 is 17.9 Å². The number of hydrogen-bond acceptors (Lipinski definition) is 2. The molecular weight excluding hydrogens is 243 g/mol. The highest BCUT2D eigenvalue weighted by Crippen LogP contribution is 2.44. The zero-order valence-corrected chi connectivity index (χ0v) is 10.6. The van der Waals surface area contributed by atoms with Crippen molar-refractivity contribution in [3.63, 3.8) is 0 Å². The number of nitrogens with two attached hydrogens (primary N) is 1. The summed E-state index contributed by atoms with van der Waals surface area (Å²) in [6, 6.07) is -0.319. The Kier molecular flexibility index (Phi) is 4.54. The van der Waals surface area contributed by atoms with E-state index < -0.39 is 12.1 Å². The third-order valence-corrected chi connectivity index (χ3v) is 4.54. The van der Waals surface area contributed by atoms with Gasteiger partial charge in [0.1, 0.15) is 0 Å². The molecule has 0 amide bonds. The topological polar surface area (TPSA) is 35.2 Å². The van der Waals surface area contributed by atoms with Crippen LogP contribution >= 0.6 is 0 Å². The average Bonchev–Trinajstić information content (AvgIpc) is 2.38. The first-order valence-corrected chi connectivity index (χ1v) is 6.90. The van der Waals surface area contributed by atoms with Crippen LogP contribution in [0.5, 0.6) is 0 Å². The highest BCUT2D eigenvalue weighted by molar-refractivity contribution is 4.90. The molecule has 18 heavy (non-hydrogen) atoms. The molecule has 106 valence electrons. The largest absolute Gasteiger partial charge is 0.392 e. The predicted octanol–water partition coefficient (Wildman–Crippen LogP) is 3.11. The van der Waals surface area contributed by atoms with E-state index in [1.807, 2.05) is 0 Å². The van der Waals surface area contributed by atoms with E-state index >= 15 is 0 Å². The van der Waals surface area contributed by atoms with Gasteiger partial charge in [0.25, 0.3) is 0 Å². The van der Waals surface area contributed by atoms with E-state index in [1.165, 1.54) is 0 Å². The van der Waals surface area contributed by atoms with Gasteiger partial charge >= 0.3 is 6.18 Å². The summed E-state index contributed by atoms with van der Waals surface area (Å²) in [7, 11) is 0. The Bertz CT molecular complexity index is 263. The number of rotatable bonds is 2. The maximum atomic E-state index is 13.0. The van der Waals surface area contributed by atoms with Gasteiger partial charge in [-0.25, -0.2) is 0 Å². The molecule has 0 aromatic carbocycles. The van der Waals surface area contributed by atoms with Crippen LogP contribution in [0.4, 0.5) is 13.2 Å².